The Bertz CT molecular complexity index is 505. The van der Waals surface area contributed by atoms with Crippen LogP contribution in [0.25, 0.3) is 0 Å². The van der Waals surface area contributed by atoms with Gasteiger partial charge < -0.3 is 5.32 Å². The summed E-state index contributed by atoms with van der Waals surface area (Å²) in [7, 11) is 0. The minimum absolute atomic E-state index is 0.575. The van der Waals surface area contributed by atoms with E-state index in [1.165, 1.54) is 11.8 Å². The molecule has 0 saturated heterocycles. The van der Waals surface area contributed by atoms with Gasteiger partial charge in [0.15, 0.2) is 0 Å². The van der Waals surface area contributed by atoms with Crippen molar-refractivity contribution < 1.29 is 0 Å². The fourth-order valence-electron chi connectivity index (χ4n) is 1.35. The third-order valence-electron chi connectivity index (χ3n) is 2.20. The van der Waals surface area contributed by atoms with E-state index in [2.05, 4.69) is 22.2 Å². The Balaban J connectivity index is 2.16. The zero-order valence-electron chi connectivity index (χ0n) is 10.1. The fraction of sp³-hybridized carbons (Fsp3) is 0.231. The van der Waals surface area contributed by atoms with Crippen LogP contribution in [0, 0.1) is 0 Å². The first-order chi connectivity index (χ1) is 8.79. The Kier molecular flexibility index (Phi) is 4.84. The fourth-order valence-corrected chi connectivity index (χ4v) is 2.35. The van der Waals surface area contributed by atoms with Crippen LogP contribution >= 0.6 is 23.4 Å². The first kappa shape index (κ1) is 13.2. The molecular weight excluding hydrogens is 266 g/mol. The van der Waals surface area contributed by atoms with E-state index in [0.717, 1.165) is 22.9 Å². The highest BCUT2D eigenvalue weighted by molar-refractivity contribution is 7.99. The van der Waals surface area contributed by atoms with Gasteiger partial charge in [0.25, 0.3) is 0 Å². The van der Waals surface area contributed by atoms with E-state index in [1.54, 1.807) is 6.20 Å². The normalized spacial score (nSPS) is 10.3. The van der Waals surface area contributed by atoms with Gasteiger partial charge >= 0.3 is 0 Å². The third-order valence-corrected chi connectivity index (χ3v) is 3.60. The van der Waals surface area contributed by atoms with Gasteiger partial charge in [0.2, 0.25) is 5.95 Å². The standard InChI is InChI=1S/C13H14ClN3S/c1-2-8-15-13-16-9-11(14)12(17-13)18-10-6-4-3-5-7-10/h3-7,9H,2,8H2,1H3,(H,15,16,17). The largest absolute Gasteiger partial charge is 0.354 e. The molecule has 3 nitrogen and oxygen atoms in total. The van der Waals surface area contributed by atoms with Crippen LogP contribution in [0.2, 0.25) is 5.02 Å². The molecule has 0 aliphatic rings. The number of anilines is 1. The number of nitrogens with one attached hydrogen (secondary N) is 1. The van der Waals surface area contributed by atoms with E-state index < -0.39 is 0 Å². The summed E-state index contributed by atoms with van der Waals surface area (Å²) in [6.45, 7) is 2.96. The number of benzene rings is 1. The van der Waals surface area contributed by atoms with E-state index in [4.69, 9.17) is 11.6 Å². The second-order valence-electron chi connectivity index (χ2n) is 3.69. The quantitative estimate of drug-likeness (QED) is 0.836. The van der Waals surface area contributed by atoms with E-state index in [1.807, 2.05) is 30.3 Å². The van der Waals surface area contributed by atoms with E-state index in [9.17, 15) is 0 Å². The second kappa shape index (κ2) is 6.61. The summed E-state index contributed by atoms with van der Waals surface area (Å²) in [5.41, 5.74) is 0. The molecule has 0 aliphatic heterocycles. The van der Waals surface area contributed by atoms with Crippen molar-refractivity contribution in [3.05, 3.63) is 41.6 Å². The maximum atomic E-state index is 6.11. The van der Waals surface area contributed by atoms with Crippen molar-refractivity contribution in [1.82, 2.24) is 9.97 Å². The minimum Gasteiger partial charge on any atom is -0.354 e. The molecule has 5 heteroatoms. The Hall–Kier alpha value is -1.26. The molecule has 1 aromatic heterocycles. The molecule has 0 amide bonds. The molecule has 0 saturated carbocycles. The van der Waals surface area contributed by atoms with Crippen molar-refractivity contribution in [2.45, 2.75) is 23.3 Å². The Morgan fingerprint density at radius 3 is 2.78 bits per heavy atom. The van der Waals surface area contributed by atoms with Crippen LogP contribution in [-0.2, 0) is 0 Å². The summed E-state index contributed by atoms with van der Waals surface area (Å²) in [6, 6.07) is 10.0. The predicted molar refractivity (Wildman–Crippen MR) is 76.4 cm³/mol. The second-order valence-corrected chi connectivity index (χ2v) is 5.16. The predicted octanol–water partition coefficient (Wildman–Crippen LogP) is 4.10. The van der Waals surface area contributed by atoms with Crippen molar-refractivity contribution in [1.29, 1.82) is 0 Å². The first-order valence-electron chi connectivity index (χ1n) is 5.79. The Labute approximate surface area is 116 Å². The van der Waals surface area contributed by atoms with Crippen molar-refractivity contribution in [3.63, 3.8) is 0 Å². The van der Waals surface area contributed by atoms with Crippen molar-refractivity contribution >= 4 is 29.3 Å². The Morgan fingerprint density at radius 1 is 1.28 bits per heavy atom. The lowest BCUT2D eigenvalue weighted by molar-refractivity contribution is 0.935. The number of hydrogen-bond acceptors (Lipinski definition) is 4. The molecule has 0 spiro atoms. The van der Waals surface area contributed by atoms with Crippen LogP contribution in [0.15, 0.2) is 46.5 Å². The van der Waals surface area contributed by atoms with Gasteiger partial charge in [-0.15, -0.1) is 0 Å². The maximum Gasteiger partial charge on any atom is 0.223 e. The zero-order valence-corrected chi connectivity index (χ0v) is 11.6. The van der Waals surface area contributed by atoms with Crippen molar-refractivity contribution in [2.75, 3.05) is 11.9 Å². The maximum absolute atomic E-state index is 6.11. The van der Waals surface area contributed by atoms with Gasteiger partial charge in [-0.3, -0.25) is 0 Å². The monoisotopic (exact) mass is 279 g/mol. The molecule has 1 aromatic carbocycles. The molecule has 94 valence electrons. The summed E-state index contributed by atoms with van der Waals surface area (Å²) in [5.74, 6) is 0.625. The SMILES string of the molecule is CCCNc1ncc(Cl)c(Sc2ccccc2)n1. The third kappa shape index (κ3) is 3.62. The molecule has 1 heterocycles. The van der Waals surface area contributed by atoms with Gasteiger partial charge in [-0.1, -0.05) is 48.5 Å². The first-order valence-corrected chi connectivity index (χ1v) is 6.98. The van der Waals surface area contributed by atoms with Gasteiger partial charge in [-0.25, -0.2) is 9.97 Å². The van der Waals surface area contributed by atoms with Gasteiger partial charge in [0, 0.05) is 11.4 Å². The molecule has 2 rings (SSSR count). The summed E-state index contributed by atoms with van der Waals surface area (Å²) in [4.78, 5) is 9.68. The van der Waals surface area contributed by atoms with E-state index in [-0.39, 0.29) is 0 Å². The lowest BCUT2D eigenvalue weighted by atomic mass is 10.4. The van der Waals surface area contributed by atoms with Crippen LogP contribution in [0.4, 0.5) is 5.95 Å². The van der Waals surface area contributed by atoms with Gasteiger partial charge in [-0.2, -0.15) is 0 Å². The van der Waals surface area contributed by atoms with Crippen LogP contribution in [0.1, 0.15) is 13.3 Å². The number of hydrogen-bond donors (Lipinski definition) is 1. The summed E-state index contributed by atoms with van der Waals surface area (Å²) >= 11 is 7.65. The molecule has 0 bridgehead atoms. The summed E-state index contributed by atoms with van der Waals surface area (Å²) in [5, 5.41) is 4.50. The molecule has 0 fully saturated rings. The molecule has 0 radical (unpaired) electrons. The molecule has 18 heavy (non-hydrogen) atoms. The Morgan fingerprint density at radius 2 is 2.06 bits per heavy atom. The lowest BCUT2D eigenvalue weighted by Gasteiger charge is -2.06. The van der Waals surface area contributed by atoms with Crippen LogP contribution in [0.5, 0.6) is 0 Å². The van der Waals surface area contributed by atoms with Gasteiger partial charge in [0.05, 0.1) is 11.2 Å². The number of aromatic nitrogens is 2. The van der Waals surface area contributed by atoms with E-state index >= 15 is 0 Å². The molecular formula is C13H14ClN3S. The summed E-state index contributed by atoms with van der Waals surface area (Å²) < 4.78 is 0. The highest BCUT2D eigenvalue weighted by Crippen LogP contribution is 2.31. The van der Waals surface area contributed by atoms with Gasteiger partial charge in [0.1, 0.15) is 5.03 Å². The highest BCUT2D eigenvalue weighted by atomic mass is 35.5. The topological polar surface area (TPSA) is 37.8 Å². The molecule has 1 N–H and O–H groups in total. The molecule has 0 unspecified atom stereocenters. The highest BCUT2D eigenvalue weighted by Gasteiger charge is 2.06. The smallest absolute Gasteiger partial charge is 0.223 e. The zero-order chi connectivity index (χ0) is 12.8. The average molecular weight is 280 g/mol. The minimum atomic E-state index is 0.575. The summed E-state index contributed by atoms with van der Waals surface area (Å²) in [6.07, 6.45) is 2.67. The van der Waals surface area contributed by atoms with Crippen molar-refractivity contribution in [3.8, 4) is 0 Å². The molecule has 2 aromatic rings. The molecule has 0 atom stereocenters. The van der Waals surface area contributed by atoms with Crippen LogP contribution in [-0.4, -0.2) is 16.5 Å². The van der Waals surface area contributed by atoms with Crippen LogP contribution in [0.3, 0.4) is 0 Å². The van der Waals surface area contributed by atoms with Gasteiger partial charge in [-0.05, 0) is 18.6 Å². The average Bonchev–Trinajstić information content (AvgIpc) is 2.41. The van der Waals surface area contributed by atoms with Crippen LogP contribution < -0.4 is 5.32 Å². The molecule has 0 aliphatic carbocycles. The van der Waals surface area contributed by atoms with E-state index in [0.29, 0.717) is 11.0 Å². The lowest BCUT2D eigenvalue weighted by Crippen LogP contribution is -2.04. The number of rotatable bonds is 5. The number of nitrogens with zero attached hydrogens (tertiary/aromatic N) is 2. The number of halogens is 1. The van der Waals surface area contributed by atoms with Crippen molar-refractivity contribution in [2.24, 2.45) is 0 Å².